The molecule has 1 amide bonds. The van der Waals surface area contributed by atoms with E-state index in [0.29, 0.717) is 11.1 Å². The molecule has 2 atom stereocenters. The van der Waals surface area contributed by atoms with Gasteiger partial charge in [0, 0.05) is 15.6 Å². The highest BCUT2D eigenvalue weighted by Crippen LogP contribution is 2.45. The van der Waals surface area contributed by atoms with Crippen LogP contribution in [0.4, 0.5) is 0 Å². The van der Waals surface area contributed by atoms with Crippen LogP contribution in [-0.2, 0) is 0 Å². The first-order valence-corrected chi connectivity index (χ1v) is 9.18. The highest BCUT2D eigenvalue weighted by molar-refractivity contribution is 9.10. The normalized spacial score (nSPS) is 18.4. The molecule has 3 nitrogen and oxygen atoms in total. The molecule has 0 bridgehead atoms. The highest BCUT2D eigenvalue weighted by Gasteiger charge is 2.56. The molecule has 4 rings (SSSR count). The van der Waals surface area contributed by atoms with Gasteiger partial charge in [-0.2, -0.15) is 0 Å². The Labute approximate surface area is 160 Å². The van der Waals surface area contributed by atoms with Crippen molar-refractivity contribution in [3.63, 3.8) is 0 Å². The van der Waals surface area contributed by atoms with Crippen molar-refractivity contribution in [2.24, 2.45) is 0 Å². The Bertz CT molecular complexity index is 939. The third kappa shape index (κ3) is 3.08. The van der Waals surface area contributed by atoms with Crippen LogP contribution in [0.15, 0.2) is 89.4 Å². The summed E-state index contributed by atoms with van der Waals surface area (Å²) in [6.45, 7) is 0. The van der Waals surface area contributed by atoms with E-state index >= 15 is 0 Å². The molecule has 0 radical (unpaired) electrons. The summed E-state index contributed by atoms with van der Waals surface area (Å²) in [5, 5.41) is 0. The minimum Gasteiger partial charge on any atom is -0.316 e. The predicted molar refractivity (Wildman–Crippen MR) is 104 cm³/mol. The lowest BCUT2D eigenvalue weighted by molar-refractivity contribution is 0.0833. The first-order chi connectivity index (χ1) is 12.7. The minimum absolute atomic E-state index is 0.0232. The lowest BCUT2D eigenvalue weighted by Gasteiger charge is -2.05. The third-order valence-corrected chi connectivity index (χ3v) is 5.13. The van der Waals surface area contributed by atoms with E-state index in [1.807, 2.05) is 60.7 Å². The van der Waals surface area contributed by atoms with Gasteiger partial charge in [0.2, 0.25) is 0 Å². The van der Waals surface area contributed by atoms with Gasteiger partial charge in [0.05, 0.1) is 6.04 Å². The minimum atomic E-state index is -0.462. The van der Waals surface area contributed by atoms with Crippen molar-refractivity contribution in [3.8, 4) is 0 Å². The molecular formula is C22H16BrNO2. The van der Waals surface area contributed by atoms with Gasteiger partial charge in [-0.15, -0.1) is 0 Å². The fraction of sp³-hybridized carbons (Fsp3) is 0.0909. The molecule has 26 heavy (non-hydrogen) atoms. The van der Waals surface area contributed by atoms with E-state index in [2.05, 4.69) is 15.9 Å². The summed E-state index contributed by atoms with van der Waals surface area (Å²) in [7, 11) is 0. The number of Topliss-reactive ketones (excluding diaryl/α,β-unsaturated/α-hetero) is 1. The summed E-state index contributed by atoms with van der Waals surface area (Å²) >= 11 is 3.38. The lowest BCUT2D eigenvalue weighted by atomic mass is 10.0. The SMILES string of the molecule is O=C(c1ccccc1)[C@@H]1[C@@H](c2ccccc2)N1C(=O)c1ccc(Br)cc1. The monoisotopic (exact) mass is 405 g/mol. The number of carbonyl (C=O) groups is 2. The van der Waals surface area contributed by atoms with E-state index in [9.17, 15) is 9.59 Å². The second-order valence-electron chi connectivity index (χ2n) is 6.25. The van der Waals surface area contributed by atoms with Crippen molar-refractivity contribution in [2.45, 2.75) is 12.1 Å². The van der Waals surface area contributed by atoms with Crippen LogP contribution in [0.2, 0.25) is 0 Å². The zero-order chi connectivity index (χ0) is 18.1. The topological polar surface area (TPSA) is 37.1 Å². The Morgan fingerprint density at radius 2 is 1.31 bits per heavy atom. The highest BCUT2D eigenvalue weighted by atomic mass is 79.9. The van der Waals surface area contributed by atoms with E-state index in [1.54, 1.807) is 29.2 Å². The number of carbonyl (C=O) groups excluding carboxylic acids is 2. The Morgan fingerprint density at radius 3 is 1.92 bits per heavy atom. The molecule has 4 heteroatoms. The molecule has 0 N–H and O–H groups in total. The largest absolute Gasteiger partial charge is 0.316 e. The molecule has 0 aromatic heterocycles. The molecule has 1 fully saturated rings. The van der Waals surface area contributed by atoms with Gasteiger partial charge >= 0.3 is 0 Å². The molecule has 0 aliphatic carbocycles. The molecule has 3 aromatic rings. The van der Waals surface area contributed by atoms with Crippen molar-refractivity contribution in [3.05, 3.63) is 106 Å². The second kappa shape index (κ2) is 6.89. The third-order valence-electron chi connectivity index (χ3n) is 4.60. The first kappa shape index (κ1) is 16.7. The van der Waals surface area contributed by atoms with E-state index < -0.39 is 6.04 Å². The summed E-state index contributed by atoms with van der Waals surface area (Å²) in [5.74, 6) is -0.148. The lowest BCUT2D eigenvalue weighted by Crippen LogP contribution is -2.19. The van der Waals surface area contributed by atoms with Crippen LogP contribution in [0.25, 0.3) is 0 Å². The van der Waals surface area contributed by atoms with Crippen LogP contribution < -0.4 is 0 Å². The zero-order valence-corrected chi connectivity index (χ0v) is 15.5. The summed E-state index contributed by atoms with van der Waals surface area (Å²) in [5.41, 5.74) is 2.19. The molecule has 0 unspecified atom stereocenters. The van der Waals surface area contributed by atoms with Crippen LogP contribution >= 0.6 is 15.9 Å². The number of rotatable bonds is 4. The molecule has 1 aliphatic rings. The quantitative estimate of drug-likeness (QED) is 0.457. The molecule has 1 heterocycles. The molecule has 0 spiro atoms. The maximum atomic E-state index is 13.0. The average Bonchev–Trinajstić information content (AvgIpc) is 3.44. The Kier molecular flexibility index (Phi) is 4.43. The Balaban J connectivity index is 1.67. The second-order valence-corrected chi connectivity index (χ2v) is 7.17. The molecule has 1 aliphatic heterocycles. The summed E-state index contributed by atoms with van der Waals surface area (Å²) in [6, 6.07) is 25.4. The van der Waals surface area contributed by atoms with Crippen LogP contribution in [0, 0.1) is 0 Å². The van der Waals surface area contributed by atoms with E-state index in [0.717, 1.165) is 10.0 Å². The predicted octanol–water partition coefficient (Wildman–Crippen LogP) is 4.90. The van der Waals surface area contributed by atoms with Crippen LogP contribution in [0.5, 0.6) is 0 Å². The first-order valence-electron chi connectivity index (χ1n) is 8.39. The fourth-order valence-corrected chi connectivity index (χ4v) is 3.53. The van der Waals surface area contributed by atoms with E-state index in [1.165, 1.54) is 0 Å². The number of benzene rings is 3. The number of hydrogen-bond acceptors (Lipinski definition) is 2. The van der Waals surface area contributed by atoms with Crippen LogP contribution in [-0.4, -0.2) is 22.6 Å². The molecular weight excluding hydrogens is 390 g/mol. The summed E-state index contributed by atoms with van der Waals surface area (Å²) in [6.07, 6.45) is 0. The van der Waals surface area contributed by atoms with Gasteiger partial charge in [0.1, 0.15) is 6.04 Å². The van der Waals surface area contributed by atoms with Crippen molar-refractivity contribution in [2.75, 3.05) is 0 Å². The van der Waals surface area contributed by atoms with Gasteiger partial charge in [-0.25, -0.2) is 0 Å². The van der Waals surface area contributed by atoms with Crippen molar-refractivity contribution in [1.29, 1.82) is 0 Å². The van der Waals surface area contributed by atoms with Gasteiger partial charge in [0.25, 0.3) is 5.91 Å². The maximum Gasteiger partial charge on any atom is 0.255 e. The maximum absolute atomic E-state index is 13.0. The molecule has 0 saturated carbocycles. The zero-order valence-electron chi connectivity index (χ0n) is 13.9. The number of hydrogen-bond donors (Lipinski definition) is 0. The van der Waals surface area contributed by atoms with Gasteiger partial charge in [0.15, 0.2) is 5.78 Å². The number of amides is 1. The Morgan fingerprint density at radius 1 is 0.731 bits per heavy atom. The fourth-order valence-electron chi connectivity index (χ4n) is 3.26. The van der Waals surface area contributed by atoms with Gasteiger partial charge in [-0.05, 0) is 29.8 Å². The standard InChI is InChI=1S/C22H16BrNO2/c23-18-13-11-17(12-14-18)22(26)24-19(15-7-3-1-4-8-15)20(24)21(25)16-9-5-2-6-10-16/h1-14,19-20H/t19-,20+,24?/m1/s1. The average molecular weight is 406 g/mol. The number of ketones is 1. The summed E-state index contributed by atoms with van der Waals surface area (Å²) < 4.78 is 0.913. The molecule has 128 valence electrons. The van der Waals surface area contributed by atoms with E-state index in [4.69, 9.17) is 0 Å². The number of halogens is 1. The van der Waals surface area contributed by atoms with Crippen molar-refractivity contribution >= 4 is 27.6 Å². The van der Waals surface area contributed by atoms with Gasteiger partial charge < -0.3 is 4.90 Å². The van der Waals surface area contributed by atoms with Crippen LogP contribution in [0.3, 0.4) is 0 Å². The molecule has 3 aromatic carbocycles. The van der Waals surface area contributed by atoms with Crippen molar-refractivity contribution in [1.82, 2.24) is 4.90 Å². The van der Waals surface area contributed by atoms with E-state index in [-0.39, 0.29) is 17.7 Å². The van der Waals surface area contributed by atoms with Gasteiger partial charge in [-0.3, -0.25) is 9.59 Å². The van der Waals surface area contributed by atoms with Crippen molar-refractivity contribution < 1.29 is 9.59 Å². The smallest absolute Gasteiger partial charge is 0.255 e. The molecule has 1 saturated heterocycles. The summed E-state index contributed by atoms with van der Waals surface area (Å²) in [4.78, 5) is 27.7. The van der Waals surface area contributed by atoms with Gasteiger partial charge in [-0.1, -0.05) is 76.6 Å². The van der Waals surface area contributed by atoms with Crippen LogP contribution in [0.1, 0.15) is 32.3 Å². The Hall–Kier alpha value is -2.72. The number of nitrogens with zero attached hydrogens (tertiary/aromatic N) is 1.